The lowest BCUT2D eigenvalue weighted by Crippen LogP contribution is -2.55. The average Bonchev–Trinajstić information content (AvgIpc) is 2.11. The maximum absolute atomic E-state index is 11.4. The number of nitrogens with two attached hydrogens (primary N) is 1. The van der Waals surface area contributed by atoms with Crippen molar-refractivity contribution in [3.63, 3.8) is 0 Å². The van der Waals surface area contributed by atoms with Gasteiger partial charge in [0.25, 0.3) is 0 Å². The molecule has 0 aliphatic carbocycles. The quantitative estimate of drug-likeness (QED) is 0.627. The fraction of sp³-hybridized carbons (Fsp3) is 0.909. The van der Waals surface area contributed by atoms with Crippen molar-refractivity contribution in [3.8, 4) is 0 Å². The summed E-state index contributed by atoms with van der Waals surface area (Å²) in [6.07, 6.45) is 1.84. The van der Waals surface area contributed by atoms with Crippen LogP contribution in [0.5, 0.6) is 0 Å². The van der Waals surface area contributed by atoms with Crippen molar-refractivity contribution >= 4 is 17.7 Å². The zero-order valence-corrected chi connectivity index (χ0v) is 11.1. The van der Waals surface area contributed by atoms with Crippen molar-refractivity contribution in [2.45, 2.75) is 52.1 Å². The summed E-state index contributed by atoms with van der Waals surface area (Å²) in [5.74, 6) is 1.97. The highest BCUT2D eigenvalue weighted by atomic mass is 32.2. The van der Waals surface area contributed by atoms with Crippen LogP contribution in [0.2, 0.25) is 0 Å². The highest BCUT2D eigenvalue weighted by molar-refractivity contribution is 7.99. The Kier molecular flexibility index (Phi) is 7.02. The summed E-state index contributed by atoms with van der Waals surface area (Å²) in [5.41, 5.74) is 4.87. The van der Waals surface area contributed by atoms with E-state index in [0.29, 0.717) is 0 Å². The Morgan fingerprint density at radius 2 is 2.13 bits per heavy atom. The van der Waals surface area contributed by atoms with Crippen molar-refractivity contribution in [1.29, 1.82) is 0 Å². The smallest absolute Gasteiger partial charge is 0.237 e. The lowest BCUT2D eigenvalue weighted by molar-refractivity contribution is -0.124. The monoisotopic (exact) mass is 232 g/mol. The van der Waals surface area contributed by atoms with E-state index in [-0.39, 0.29) is 11.9 Å². The summed E-state index contributed by atoms with van der Waals surface area (Å²) in [6.45, 7) is 8.10. The molecule has 1 amide bonds. The van der Waals surface area contributed by atoms with Crippen molar-refractivity contribution in [2.24, 2.45) is 5.73 Å². The summed E-state index contributed by atoms with van der Waals surface area (Å²) < 4.78 is 0. The highest BCUT2D eigenvalue weighted by Gasteiger charge is 2.30. The van der Waals surface area contributed by atoms with E-state index < -0.39 is 5.54 Å². The minimum Gasteiger partial charge on any atom is -0.368 e. The molecule has 0 aromatic carbocycles. The molecule has 1 atom stereocenters. The molecular weight excluding hydrogens is 208 g/mol. The molecule has 0 radical (unpaired) electrons. The molecule has 1 unspecified atom stereocenters. The van der Waals surface area contributed by atoms with Crippen LogP contribution in [0, 0.1) is 0 Å². The van der Waals surface area contributed by atoms with E-state index in [2.05, 4.69) is 12.2 Å². The van der Waals surface area contributed by atoms with Crippen molar-refractivity contribution in [1.82, 2.24) is 5.32 Å². The zero-order chi connectivity index (χ0) is 11.9. The predicted molar refractivity (Wildman–Crippen MR) is 68.1 cm³/mol. The molecule has 0 spiro atoms. The van der Waals surface area contributed by atoms with E-state index in [1.165, 1.54) is 0 Å². The van der Waals surface area contributed by atoms with E-state index in [0.717, 1.165) is 24.3 Å². The first-order chi connectivity index (χ1) is 6.92. The maximum Gasteiger partial charge on any atom is 0.237 e. The largest absolute Gasteiger partial charge is 0.368 e. The van der Waals surface area contributed by atoms with Crippen LogP contribution in [0.25, 0.3) is 0 Å². The van der Waals surface area contributed by atoms with Gasteiger partial charge in [-0.05, 0) is 45.1 Å². The lowest BCUT2D eigenvalue weighted by atomic mass is 9.94. The van der Waals surface area contributed by atoms with Gasteiger partial charge in [0, 0.05) is 6.04 Å². The maximum atomic E-state index is 11.4. The molecule has 0 aromatic heterocycles. The molecular formula is C11H24N2OS. The third kappa shape index (κ3) is 6.05. The fourth-order valence-corrected chi connectivity index (χ4v) is 2.21. The molecule has 0 bridgehead atoms. The molecule has 0 aliphatic heterocycles. The summed E-state index contributed by atoms with van der Waals surface area (Å²) in [7, 11) is 0. The van der Waals surface area contributed by atoms with E-state index in [1.54, 1.807) is 0 Å². The second-order valence-corrected chi connectivity index (χ2v) is 5.69. The standard InChI is InChI=1S/C11H24N2OS/c1-5-15-8-6-7-11(4,10(12)14)13-9(2)3/h9,13H,5-8H2,1-4H3,(H2,12,14). The minimum atomic E-state index is -0.553. The third-order valence-corrected chi connectivity index (χ3v) is 3.31. The SMILES string of the molecule is CCSCCCC(C)(NC(C)C)C(N)=O. The van der Waals surface area contributed by atoms with Gasteiger partial charge in [0.15, 0.2) is 0 Å². The van der Waals surface area contributed by atoms with Gasteiger partial charge in [-0.15, -0.1) is 0 Å². The molecule has 15 heavy (non-hydrogen) atoms. The van der Waals surface area contributed by atoms with Crippen molar-refractivity contribution in [2.75, 3.05) is 11.5 Å². The van der Waals surface area contributed by atoms with E-state index >= 15 is 0 Å². The number of amides is 1. The average molecular weight is 232 g/mol. The number of hydrogen-bond donors (Lipinski definition) is 2. The Bertz CT molecular complexity index is 197. The molecule has 0 heterocycles. The number of thioether (sulfide) groups is 1. The van der Waals surface area contributed by atoms with Gasteiger partial charge in [0.05, 0.1) is 5.54 Å². The first-order valence-electron chi connectivity index (χ1n) is 5.57. The Morgan fingerprint density at radius 3 is 2.53 bits per heavy atom. The zero-order valence-electron chi connectivity index (χ0n) is 10.3. The van der Waals surface area contributed by atoms with Crippen LogP contribution >= 0.6 is 11.8 Å². The summed E-state index contributed by atoms with van der Waals surface area (Å²) in [5, 5.41) is 3.25. The minimum absolute atomic E-state index is 0.252. The van der Waals surface area contributed by atoms with Crippen molar-refractivity contribution < 1.29 is 4.79 Å². The van der Waals surface area contributed by atoms with Crippen molar-refractivity contribution in [3.05, 3.63) is 0 Å². The van der Waals surface area contributed by atoms with Crippen LogP contribution < -0.4 is 11.1 Å². The second kappa shape index (κ2) is 7.12. The van der Waals surface area contributed by atoms with Crippen LogP contribution in [-0.4, -0.2) is 29.0 Å². The Balaban J connectivity index is 4.08. The van der Waals surface area contributed by atoms with Crippen LogP contribution in [0.15, 0.2) is 0 Å². The van der Waals surface area contributed by atoms with E-state index in [4.69, 9.17) is 5.73 Å². The Hall–Kier alpha value is -0.220. The van der Waals surface area contributed by atoms with Crippen LogP contribution in [0.3, 0.4) is 0 Å². The summed E-state index contributed by atoms with van der Waals surface area (Å²) >= 11 is 1.90. The molecule has 0 aromatic rings. The number of rotatable bonds is 8. The molecule has 3 N–H and O–H groups in total. The Morgan fingerprint density at radius 1 is 1.53 bits per heavy atom. The number of hydrogen-bond acceptors (Lipinski definition) is 3. The summed E-state index contributed by atoms with van der Waals surface area (Å²) in [6, 6.07) is 0.279. The number of nitrogens with one attached hydrogen (secondary N) is 1. The van der Waals surface area contributed by atoms with Crippen LogP contribution in [-0.2, 0) is 4.79 Å². The van der Waals surface area contributed by atoms with Gasteiger partial charge in [-0.25, -0.2) is 0 Å². The normalized spacial score (nSPS) is 15.3. The topological polar surface area (TPSA) is 55.1 Å². The Labute approximate surface area is 97.6 Å². The summed E-state index contributed by atoms with van der Waals surface area (Å²) in [4.78, 5) is 11.4. The first-order valence-corrected chi connectivity index (χ1v) is 6.73. The third-order valence-electron chi connectivity index (χ3n) is 2.32. The molecule has 4 heteroatoms. The van der Waals surface area contributed by atoms with Gasteiger partial charge in [-0.3, -0.25) is 4.79 Å². The molecule has 0 saturated carbocycles. The second-order valence-electron chi connectivity index (χ2n) is 4.30. The van der Waals surface area contributed by atoms with Gasteiger partial charge in [-0.1, -0.05) is 6.92 Å². The predicted octanol–water partition coefficient (Wildman–Crippen LogP) is 1.76. The van der Waals surface area contributed by atoms with E-state index in [1.807, 2.05) is 32.5 Å². The van der Waals surface area contributed by atoms with Gasteiger partial charge >= 0.3 is 0 Å². The molecule has 0 saturated heterocycles. The fourth-order valence-electron chi connectivity index (χ4n) is 1.58. The number of carbonyl (C=O) groups is 1. The lowest BCUT2D eigenvalue weighted by Gasteiger charge is -2.29. The van der Waals surface area contributed by atoms with Gasteiger partial charge in [0.1, 0.15) is 0 Å². The number of primary amides is 1. The first kappa shape index (κ1) is 14.8. The molecule has 3 nitrogen and oxygen atoms in total. The van der Waals surface area contributed by atoms with Crippen LogP contribution in [0.1, 0.15) is 40.5 Å². The molecule has 90 valence electrons. The van der Waals surface area contributed by atoms with E-state index in [9.17, 15) is 4.79 Å². The highest BCUT2D eigenvalue weighted by Crippen LogP contribution is 2.15. The van der Waals surface area contributed by atoms with Crippen LogP contribution in [0.4, 0.5) is 0 Å². The number of carbonyl (C=O) groups excluding carboxylic acids is 1. The molecule has 0 rings (SSSR count). The van der Waals surface area contributed by atoms with Gasteiger partial charge in [0.2, 0.25) is 5.91 Å². The van der Waals surface area contributed by atoms with Gasteiger partial charge < -0.3 is 11.1 Å². The van der Waals surface area contributed by atoms with Gasteiger partial charge in [-0.2, -0.15) is 11.8 Å². The molecule has 0 aliphatic rings. The molecule has 0 fully saturated rings.